The molecular weight excluding hydrogens is 450 g/mol. The predicted octanol–water partition coefficient (Wildman–Crippen LogP) is 2.49. The minimum absolute atomic E-state index is 0.102. The SMILES string of the molecule is CO[C@@]12CCNC1CN(c1ccc3c(c1)OC[C@H](NC(=O)c1sc4nc(C)ccc4c1N)C3)C2. The Hall–Kier alpha value is -2.88. The van der Waals surface area contributed by atoms with E-state index in [4.69, 9.17) is 15.2 Å². The van der Waals surface area contributed by atoms with E-state index in [1.165, 1.54) is 11.3 Å². The van der Waals surface area contributed by atoms with Gasteiger partial charge in [0.05, 0.1) is 17.8 Å². The van der Waals surface area contributed by atoms with Crippen LogP contribution in [0, 0.1) is 6.92 Å². The van der Waals surface area contributed by atoms with Crippen LogP contribution >= 0.6 is 11.3 Å². The summed E-state index contributed by atoms with van der Waals surface area (Å²) in [6, 6.07) is 10.5. The third-order valence-electron chi connectivity index (χ3n) is 7.44. The van der Waals surface area contributed by atoms with E-state index in [2.05, 4.69) is 38.7 Å². The first-order chi connectivity index (χ1) is 16.5. The molecule has 178 valence electrons. The van der Waals surface area contributed by atoms with E-state index < -0.39 is 0 Å². The normalized spacial score (nSPS) is 25.8. The molecule has 0 saturated carbocycles. The molecule has 2 fully saturated rings. The number of aryl methyl sites for hydroxylation is 1. The first kappa shape index (κ1) is 21.6. The van der Waals surface area contributed by atoms with Crippen LogP contribution in [-0.4, -0.2) is 61.9 Å². The van der Waals surface area contributed by atoms with Gasteiger partial charge in [-0.05, 0) is 50.1 Å². The number of pyridine rings is 1. The quantitative estimate of drug-likeness (QED) is 0.528. The molecule has 0 spiro atoms. The smallest absolute Gasteiger partial charge is 0.263 e. The number of hydrogen-bond acceptors (Lipinski definition) is 8. The number of carbonyl (C=O) groups is 1. The summed E-state index contributed by atoms with van der Waals surface area (Å²) in [5.41, 5.74) is 9.80. The predicted molar refractivity (Wildman–Crippen MR) is 134 cm³/mol. The van der Waals surface area contributed by atoms with E-state index in [-0.39, 0.29) is 17.6 Å². The number of nitrogens with one attached hydrogen (secondary N) is 2. The van der Waals surface area contributed by atoms with Crippen LogP contribution in [0.15, 0.2) is 30.3 Å². The van der Waals surface area contributed by atoms with Gasteiger partial charge in [-0.1, -0.05) is 6.07 Å². The number of nitrogens with two attached hydrogens (primary N) is 1. The van der Waals surface area contributed by atoms with Crippen molar-refractivity contribution in [3.63, 3.8) is 0 Å². The monoisotopic (exact) mass is 479 g/mol. The van der Waals surface area contributed by atoms with Crippen molar-refractivity contribution in [2.45, 2.75) is 37.5 Å². The second-order valence-corrected chi connectivity index (χ2v) is 10.5. The molecule has 4 N–H and O–H groups in total. The molecule has 34 heavy (non-hydrogen) atoms. The highest BCUT2D eigenvalue weighted by Gasteiger charge is 2.50. The zero-order chi connectivity index (χ0) is 23.4. The third-order valence-corrected chi connectivity index (χ3v) is 8.55. The maximum Gasteiger partial charge on any atom is 0.263 e. The van der Waals surface area contributed by atoms with Gasteiger partial charge in [-0.25, -0.2) is 4.98 Å². The van der Waals surface area contributed by atoms with Crippen LogP contribution in [0.3, 0.4) is 0 Å². The number of fused-ring (bicyclic) bond motifs is 3. The lowest BCUT2D eigenvalue weighted by Gasteiger charge is -2.29. The Morgan fingerprint density at radius 2 is 2.26 bits per heavy atom. The minimum atomic E-state index is -0.173. The number of benzene rings is 1. The Kier molecular flexibility index (Phi) is 5.16. The van der Waals surface area contributed by atoms with Crippen LogP contribution < -0.4 is 26.0 Å². The number of rotatable bonds is 4. The van der Waals surface area contributed by atoms with Gasteiger partial charge >= 0.3 is 0 Å². The van der Waals surface area contributed by atoms with E-state index in [1.54, 1.807) is 0 Å². The highest BCUT2D eigenvalue weighted by atomic mass is 32.1. The van der Waals surface area contributed by atoms with Crippen molar-refractivity contribution >= 4 is 38.8 Å². The number of anilines is 2. The summed E-state index contributed by atoms with van der Waals surface area (Å²) in [4.78, 5) is 21.2. The highest BCUT2D eigenvalue weighted by Crippen LogP contribution is 2.38. The Morgan fingerprint density at radius 1 is 1.38 bits per heavy atom. The average molecular weight is 480 g/mol. The van der Waals surface area contributed by atoms with E-state index in [0.29, 0.717) is 23.2 Å². The van der Waals surface area contributed by atoms with Crippen molar-refractivity contribution in [3.05, 3.63) is 46.5 Å². The molecule has 6 rings (SSSR count). The first-order valence-electron chi connectivity index (χ1n) is 11.7. The van der Waals surface area contributed by atoms with Crippen molar-refractivity contribution in [3.8, 4) is 5.75 Å². The van der Waals surface area contributed by atoms with Gasteiger partial charge in [-0.15, -0.1) is 11.3 Å². The number of methoxy groups -OCH3 is 1. The molecule has 3 aliphatic rings. The Balaban J connectivity index is 1.15. The van der Waals surface area contributed by atoms with Crippen molar-refractivity contribution < 1.29 is 14.3 Å². The van der Waals surface area contributed by atoms with Crippen LogP contribution in [-0.2, 0) is 11.2 Å². The van der Waals surface area contributed by atoms with Gasteiger partial charge in [0.1, 0.15) is 27.7 Å². The summed E-state index contributed by atoms with van der Waals surface area (Å²) in [5.74, 6) is 0.716. The molecule has 2 aromatic heterocycles. The topological polar surface area (TPSA) is 102 Å². The van der Waals surface area contributed by atoms with Gasteiger partial charge in [0.15, 0.2) is 0 Å². The van der Waals surface area contributed by atoms with Crippen molar-refractivity contribution in [2.75, 3.05) is 44.0 Å². The summed E-state index contributed by atoms with van der Waals surface area (Å²) < 4.78 is 12.0. The minimum Gasteiger partial charge on any atom is -0.491 e. The lowest BCUT2D eigenvalue weighted by atomic mass is 9.98. The second-order valence-electron chi connectivity index (χ2n) is 9.53. The molecule has 9 heteroatoms. The molecule has 1 unspecified atom stereocenters. The fourth-order valence-corrected chi connectivity index (χ4v) is 6.55. The molecule has 2 saturated heterocycles. The van der Waals surface area contributed by atoms with E-state index >= 15 is 0 Å². The standard InChI is InChI=1S/C25H29N5O3S/c1-14-3-6-18-21(26)22(34-24(18)28-14)23(31)29-16-9-15-4-5-17(10-19(15)33-12-16)30-11-20-25(13-30,32-2)7-8-27-20/h3-6,10,16,20,27H,7-9,11-13,26H2,1-2H3,(H,29,31)/t16-,20?,25-/m1/s1. The molecule has 5 heterocycles. The Labute approximate surface area is 202 Å². The molecular formula is C25H29N5O3S. The molecule has 3 atom stereocenters. The highest BCUT2D eigenvalue weighted by molar-refractivity contribution is 7.21. The number of hydrogen-bond donors (Lipinski definition) is 3. The van der Waals surface area contributed by atoms with Gasteiger partial charge in [-0.3, -0.25) is 4.79 Å². The van der Waals surface area contributed by atoms with Crippen LogP contribution in [0.1, 0.15) is 27.3 Å². The number of ether oxygens (including phenoxy) is 2. The van der Waals surface area contributed by atoms with Crippen LogP contribution in [0.5, 0.6) is 5.75 Å². The van der Waals surface area contributed by atoms with Gasteiger partial charge in [-0.2, -0.15) is 0 Å². The van der Waals surface area contributed by atoms with Crippen LogP contribution in [0.25, 0.3) is 10.2 Å². The van der Waals surface area contributed by atoms with Crippen molar-refractivity contribution in [1.29, 1.82) is 0 Å². The number of amides is 1. The van der Waals surface area contributed by atoms with E-state index in [0.717, 1.165) is 65.4 Å². The number of nitrogens with zero attached hydrogens (tertiary/aromatic N) is 2. The molecule has 0 radical (unpaired) electrons. The van der Waals surface area contributed by atoms with Crippen LogP contribution in [0.2, 0.25) is 0 Å². The van der Waals surface area contributed by atoms with Crippen LogP contribution in [0.4, 0.5) is 11.4 Å². The maximum absolute atomic E-state index is 13.0. The van der Waals surface area contributed by atoms with Gasteiger partial charge in [0, 0.05) is 43.0 Å². The number of aromatic nitrogens is 1. The number of thiophene rings is 1. The van der Waals surface area contributed by atoms with E-state index in [1.807, 2.05) is 26.2 Å². The van der Waals surface area contributed by atoms with Crippen molar-refractivity contribution in [1.82, 2.24) is 15.6 Å². The zero-order valence-corrected chi connectivity index (χ0v) is 20.2. The number of nitrogen functional groups attached to an aromatic ring is 1. The molecule has 3 aromatic rings. The van der Waals surface area contributed by atoms with Crippen molar-refractivity contribution in [2.24, 2.45) is 0 Å². The second kappa shape index (κ2) is 8.11. The maximum atomic E-state index is 13.0. The molecule has 0 bridgehead atoms. The molecule has 8 nitrogen and oxygen atoms in total. The average Bonchev–Trinajstić information content (AvgIpc) is 3.49. The first-order valence-corrected chi connectivity index (χ1v) is 12.5. The molecule has 0 aliphatic carbocycles. The van der Waals surface area contributed by atoms with Gasteiger partial charge in [0.25, 0.3) is 5.91 Å². The van der Waals surface area contributed by atoms with E-state index in [9.17, 15) is 4.79 Å². The Morgan fingerprint density at radius 3 is 3.09 bits per heavy atom. The number of carbonyl (C=O) groups excluding carboxylic acids is 1. The van der Waals surface area contributed by atoms with Gasteiger partial charge in [0.2, 0.25) is 0 Å². The lowest BCUT2D eigenvalue weighted by Crippen LogP contribution is -2.43. The summed E-state index contributed by atoms with van der Waals surface area (Å²) in [5, 5.41) is 7.51. The van der Waals surface area contributed by atoms with Gasteiger partial charge < -0.3 is 30.7 Å². The lowest BCUT2D eigenvalue weighted by molar-refractivity contribution is 0.00769. The Bertz CT molecular complexity index is 1280. The molecule has 1 amide bonds. The fourth-order valence-electron chi connectivity index (χ4n) is 5.51. The third kappa shape index (κ3) is 3.50. The zero-order valence-electron chi connectivity index (χ0n) is 19.4. The molecule has 1 aromatic carbocycles. The molecule has 3 aliphatic heterocycles. The largest absolute Gasteiger partial charge is 0.491 e. The summed E-state index contributed by atoms with van der Waals surface area (Å²) in [6.45, 7) is 5.17. The summed E-state index contributed by atoms with van der Waals surface area (Å²) >= 11 is 1.33. The summed E-state index contributed by atoms with van der Waals surface area (Å²) in [7, 11) is 1.82. The fraction of sp³-hybridized carbons (Fsp3) is 0.440. The summed E-state index contributed by atoms with van der Waals surface area (Å²) in [6.07, 6.45) is 1.75.